The molecule has 0 saturated heterocycles. The van der Waals surface area contributed by atoms with Crippen molar-refractivity contribution in [2.45, 2.75) is 38.1 Å². The van der Waals surface area contributed by atoms with Gasteiger partial charge in [0.1, 0.15) is 11.6 Å². The summed E-state index contributed by atoms with van der Waals surface area (Å²) < 4.78 is 27.5. The minimum atomic E-state index is -0.840. The van der Waals surface area contributed by atoms with Gasteiger partial charge >= 0.3 is 0 Å². The summed E-state index contributed by atoms with van der Waals surface area (Å²) in [5, 5.41) is 0. The van der Waals surface area contributed by atoms with Gasteiger partial charge in [-0.25, -0.2) is 8.78 Å². The molecule has 1 aromatic rings. The van der Waals surface area contributed by atoms with Gasteiger partial charge in [0, 0.05) is 11.1 Å². The molecule has 88 valence electrons. The van der Waals surface area contributed by atoms with Crippen molar-refractivity contribution in [2.24, 2.45) is 11.7 Å². The molecular formula is C13H17F2N. The van der Waals surface area contributed by atoms with Gasteiger partial charge < -0.3 is 5.73 Å². The van der Waals surface area contributed by atoms with E-state index in [9.17, 15) is 8.78 Å². The molecule has 0 radical (unpaired) electrons. The van der Waals surface area contributed by atoms with Crippen molar-refractivity contribution in [2.75, 3.05) is 0 Å². The van der Waals surface area contributed by atoms with Crippen LogP contribution in [0.1, 0.15) is 38.2 Å². The van der Waals surface area contributed by atoms with Crippen LogP contribution in [-0.4, -0.2) is 0 Å². The SMILES string of the molecule is CC1CCCCC1(N)c1c(F)cccc1F. The number of rotatable bonds is 1. The molecule has 16 heavy (non-hydrogen) atoms. The average molecular weight is 225 g/mol. The Bertz CT molecular complexity index is 371. The Labute approximate surface area is 94.7 Å². The Kier molecular flexibility index (Phi) is 2.98. The zero-order chi connectivity index (χ0) is 11.8. The van der Waals surface area contributed by atoms with Crippen LogP contribution in [0, 0.1) is 17.6 Å². The smallest absolute Gasteiger partial charge is 0.131 e. The maximum atomic E-state index is 13.7. The first-order valence-corrected chi connectivity index (χ1v) is 5.79. The van der Waals surface area contributed by atoms with Crippen LogP contribution < -0.4 is 5.73 Å². The van der Waals surface area contributed by atoms with E-state index >= 15 is 0 Å². The van der Waals surface area contributed by atoms with E-state index in [0.29, 0.717) is 6.42 Å². The summed E-state index contributed by atoms with van der Waals surface area (Å²) in [5.74, 6) is -0.917. The first-order valence-electron chi connectivity index (χ1n) is 5.79. The summed E-state index contributed by atoms with van der Waals surface area (Å²) in [6, 6.07) is 3.95. The zero-order valence-electron chi connectivity index (χ0n) is 9.47. The molecule has 2 rings (SSSR count). The molecule has 3 heteroatoms. The van der Waals surface area contributed by atoms with Gasteiger partial charge in [0.25, 0.3) is 0 Å². The third kappa shape index (κ3) is 1.73. The number of hydrogen-bond acceptors (Lipinski definition) is 1. The molecule has 2 unspecified atom stereocenters. The molecular weight excluding hydrogens is 208 g/mol. The lowest BCUT2D eigenvalue weighted by Gasteiger charge is -2.40. The van der Waals surface area contributed by atoms with Crippen LogP contribution in [0.2, 0.25) is 0 Å². The quantitative estimate of drug-likeness (QED) is 0.779. The summed E-state index contributed by atoms with van der Waals surface area (Å²) in [4.78, 5) is 0. The summed E-state index contributed by atoms with van der Waals surface area (Å²) in [6.45, 7) is 1.98. The fraction of sp³-hybridized carbons (Fsp3) is 0.538. The minimum Gasteiger partial charge on any atom is -0.321 e. The standard InChI is InChI=1S/C13H17F2N/c1-9-5-2-3-8-13(9,16)12-10(14)6-4-7-11(12)15/h4,6-7,9H,2-3,5,8,16H2,1H3. The molecule has 1 nitrogen and oxygen atoms in total. The molecule has 0 amide bonds. The van der Waals surface area contributed by atoms with E-state index in [0.717, 1.165) is 19.3 Å². The van der Waals surface area contributed by atoms with Crippen LogP contribution in [0.3, 0.4) is 0 Å². The van der Waals surface area contributed by atoms with Gasteiger partial charge in [0.15, 0.2) is 0 Å². The molecule has 2 atom stereocenters. The fourth-order valence-corrected chi connectivity index (χ4v) is 2.69. The first-order chi connectivity index (χ1) is 7.55. The minimum absolute atomic E-state index is 0.0715. The normalized spacial score (nSPS) is 30.4. The third-order valence-electron chi connectivity index (χ3n) is 3.79. The van der Waals surface area contributed by atoms with E-state index in [-0.39, 0.29) is 11.5 Å². The number of benzene rings is 1. The largest absolute Gasteiger partial charge is 0.321 e. The summed E-state index contributed by atoms with van der Waals surface area (Å²) in [5.41, 5.74) is 5.48. The van der Waals surface area contributed by atoms with Crippen LogP contribution in [-0.2, 0) is 5.54 Å². The lowest BCUT2D eigenvalue weighted by molar-refractivity contribution is 0.194. The second-order valence-electron chi connectivity index (χ2n) is 4.78. The predicted octanol–water partition coefficient (Wildman–Crippen LogP) is 3.33. The molecule has 0 aromatic heterocycles. The van der Waals surface area contributed by atoms with Gasteiger partial charge in [-0.05, 0) is 30.9 Å². The predicted molar refractivity (Wildman–Crippen MR) is 59.9 cm³/mol. The molecule has 0 heterocycles. The Morgan fingerprint density at radius 1 is 1.25 bits per heavy atom. The van der Waals surface area contributed by atoms with E-state index in [1.54, 1.807) is 0 Å². The number of halogens is 2. The van der Waals surface area contributed by atoms with E-state index in [4.69, 9.17) is 5.73 Å². The molecule has 0 aliphatic heterocycles. The maximum Gasteiger partial charge on any atom is 0.131 e. The highest BCUT2D eigenvalue weighted by Gasteiger charge is 2.39. The highest BCUT2D eigenvalue weighted by atomic mass is 19.1. The Morgan fingerprint density at radius 3 is 2.44 bits per heavy atom. The van der Waals surface area contributed by atoms with E-state index in [2.05, 4.69) is 0 Å². The number of hydrogen-bond donors (Lipinski definition) is 1. The summed E-state index contributed by atoms with van der Waals surface area (Å²) in [6.07, 6.45) is 3.63. The van der Waals surface area contributed by atoms with Crippen LogP contribution in [0.5, 0.6) is 0 Å². The topological polar surface area (TPSA) is 26.0 Å². The third-order valence-corrected chi connectivity index (χ3v) is 3.79. The van der Waals surface area contributed by atoms with Crippen LogP contribution >= 0.6 is 0 Å². The molecule has 1 aliphatic carbocycles. The lowest BCUT2D eigenvalue weighted by atomic mass is 9.70. The maximum absolute atomic E-state index is 13.7. The monoisotopic (exact) mass is 225 g/mol. The molecule has 0 bridgehead atoms. The second-order valence-corrected chi connectivity index (χ2v) is 4.78. The summed E-state index contributed by atoms with van der Waals surface area (Å²) >= 11 is 0. The van der Waals surface area contributed by atoms with Crippen molar-refractivity contribution in [1.29, 1.82) is 0 Å². The Morgan fingerprint density at radius 2 is 1.88 bits per heavy atom. The van der Waals surface area contributed by atoms with Crippen molar-refractivity contribution < 1.29 is 8.78 Å². The van der Waals surface area contributed by atoms with Gasteiger partial charge in [-0.3, -0.25) is 0 Å². The zero-order valence-corrected chi connectivity index (χ0v) is 9.47. The highest BCUT2D eigenvalue weighted by molar-refractivity contribution is 5.29. The molecule has 1 aliphatic rings. The molecule has 1 aromatic carbocycles. The average Bonchev–Trinajstić information content (AvgIpc) is 2.22. The van der Waals surface area contributed by atoms with Crippen molar-refractivity contribution >= 4 is 0 Å². The van der Waals surface area contributed by atoms with Crippen LogP contribution in [0.25, 0.3) is 0 Å². The van der Waals surface area contributed by atoms with Gasteiger partial charge in [-0.1, -0.05) is 25.8 Å². The molecule has 1 saturated carbocycles. The van der Waals surface area contributed by atoms with E-state index in [1.807, 2.05) is 6.92 Å². The van der Waals surface area contributed by atoms with Crippen LogP contribution in [0.15, 0.2) is 18.2 Å². The van der Waals surface area contributed by atoms with Gasteiger partial charge in [-0.15, -0.1) is 0 Å². The lowest BCUT2D eigenvalue weighted by Crippen LogP contribution is -2.46. The van der Waals surface area contributed by atoms with Crippen molar-refractivity contribution in [3.63, 3.8) is 0 Å². The Balaban J connectivity index is 2.49. The van der Waals surface area contributed by atoms with E-state index in [1.165, 1.54) is 18.2 Å². The fourth-order valence-electron chi connectivity index (χ4n) is 2.69. The van der Waals surface area contributed by atoms with Crippen molar-refractivity contribution in [3.8, 4) is 0 Å². The van der Waals surface area contributed by atoms with E-state index < -0.39 is 17.2 Å². The Hall–Kier alpha value is -0.960. The second kappa shape index (κ2) is 4.13. The van der Waals surface area contributed by atoms with Crippen molar-refractivity contribution in [1.82, 2.24) is 0 Å². The van der Waals surface area contributed by atoms with Gasteiger partial charge in [0.2, 0.25) is 0 Å². The van der Waals surface area contributed by atoms with Gasteiger partial charge in [-0.2, -0.15) is 0 Å². The molecule has 1 fully saturated rings. The molecule has 2 N–H and O–H groups in total. The highest BCUT2D eigenvalue weighted by Crippen LogP contribution is 2.41. The number of nitrogens with two attached hydrogens (primary N) is 1. The van der Waals surface area contributed by atoms with Crippen molar-refractivity contribution in [3.05, 3.63) is 35.4 Å². The van der Waals surface area contributed by atoms with Crippen LogP contribution in [0.4, 0.5) is 8.78 Å². The molecule has 0 spiro atoms. The van der Waals surface area contributed by atoms with Gasteiger partial charge in [0.05, 0.1) is 0 Å². The first kappa shape index (κ1) is 11.5. The summed E-state index contributed by atoms with van der Waals surface area (Å²) in [7, 11) is 0.